The van der Waals surface area contributed by atoms with Crippen LogP contribution in [0.5, 0.6) is 5.75 Å². The molecule has 0 spiro atoms. The van der Waals surface area contributed by atoms with E-state index in [1.807, 2.05) is 47.6 Å². The molecule has 1 aromatic carbocycles. The number of phenols is 1. The highest BCUT2D eigenvalue weighted by molar-refractivity contribution is 7.95. The predicted octanol–water partition coefficient (Wildman–Crippen LogP) is 5.85. The first-order valence-corrected chi connectivity index (χ1v) is 11.6. The highest BCUT2D eigenvalue weighted by atomic mass is 32.2. The number of sulfone groups is 1. The van der Waals surface area contributed by atoms with Crippen molar-refractivity contribution in [3.05, 3.63) is 33.7 Å². The van der Waals surface area contributed by atoms with Crippen molar-refractivity contribution in [2.24, 2.45) is 0 Å². The van der Waals surface area contributed by atoms with Crippen molar-refractivity contribution in [2.75, 3.05) is 5.75 Å². The third kappa shape index (κ3) is 6.38. The van der Waals surface area contributed by atoms with E-state index < -0.39 is 9.84 Å². The molecule has 0 saturated carbocycles. The first-order chi connectivity index (χ1) is 12.7. The SMILES string of the molecule is CCCCCCS(=O)(=O)/C(C#N)=C\c1cc(C(C)(C)C)c(O)c(C(C)(C)C)c1. The van der Waals surface area contributed by atoms with Crippen LogP contribution < -0.4 is 0 Å². The molecule has 0 fully saturated rings. The van der Waals surface area contributed by atoms with Gasteiger partial charge in [-0.05, 0) is 41.0 Å². The molecule has 0 heterocycles. The average Bonchev–Trinajstić information content (AvgIpc) is 2.55. The molecule has 4 nitrogen and oxygen atoms in total. The van der Waals surface area contributed by atoms with Crippen LogP contribution in [0, 0.1) is 11.3 Å². The lowest BCUT2D eigenvalue weighted by Gasteiger charge is -2.28. The molecule has 156 valence electrons. The number of nitriles is 1. The van der Waals surface area contributed by atoms with Gasteiger partial charge in [-0.3, -0.25) is 0 Å². The second-order valence-corrected chi connectivity index (χ2v) is 11.5. The van der Waals surface area contributed by atoms with Crippen LogP contribution in [0.3, 0.4) is 0 Å². The van der Waals surface area contributed by atoms with Crippen LogP contribution >= 0.6 is 0 Å². The Morgan fingerprint density at radius 2 is 1.54 bits per heavy atom. The van der Waals surface area contributed by atoms with E-state index in [9.17, 15) is 18.8 Å². The van der Waals surface area contributed by atoms with Crippen LogP contribution in [0.15, 0.2) is 17.0 Å². The molecule has 0 aromatic heterocycles. The Balaban J connectivity index is 3.47. The molecule has 0 aliphatic rings. The van der Waals surface area contributed by atoms with Gasteiger partial charge in [0.25, 0.3) is 0 Å². The van der Waals surface area contributed by atoms with Crippen LogP contribution in [-0.4, -0.2) is 19.3 Å². The summed E-state index contributed by atoms with van der Waals surface area (Å²) in [5.74, 6) is 0.223. The molecule has 0 atom stereocenters. The number of benzene rings is 1. The number of hydrogen-bond acceptors (Lipinski definition) is 4. The largest absolute Gasteiger partial charge is 0.507 e. The Hall–Kier alpha value is -1.80. The van der Waals surface area contributed by atoms with Crippen LogP contribution in [0.1, 0.15) is 90.8 Å². The number of phenolic OH excluding ortho intramolecular Hbond substituents is 1. The lowest BCUT2D eigenvalue weighted by molar-refractivity contribution is 0.423. The lowest BCUT2D eigenvalue weighted by atomic mass is 9.78. The topological polar surface area (TPSA) is 78.2 Å². The Morgan fingerprint density at radius 1 is 1.04 bits per heavy atom. The van der Waals surface area contributed by atoms with E-state index >= 15 is 0 Å². The number of rotatable bonds is 7. The van der Waals surface area contributed by atoms with Crippen LogP contribution in [0.25, 0.3) is 6.08 Å². The molecule has 1 N–H and O–H groups in total. The molecule has 0 unspecified atom stereocenters. The second-order valence-electron chi connectivity index (χ2n) is 9.46. The molecule has 0 saturated heterocycles. The Morgan fingerprint density at radius 3 is 1.93 bits per heavy atom. The van der Waals surface area contributed by atoms with E-state index in [0.717, 1.165) is 30.4 Å². The van der Waals surface area contributed by atoms with Gasteiger partial charge in [-0.15, -0.1) is 0 Å². The fourth-order valence-corrected chi connectivity index (χ4v) is 4.31. The van der Waals surface area contributed by atoms with E-state index in [2.05, 4.69) is 6.92 Å². The van der Waals surface area contributed by atoms with Crippen molar-refractivity contribution in [3.8, 4) is 11.8 Å². The second kappa shape index (κ2) is 9.13. The van der Waals surface area contributed by atoms with Crippen molar-refractivity contribution in [1.29, 1.82) is 5.26 Å². The van der Waals surface area contributed by atoms with Gasteiger partial charge in [0, 0.05) is 11.1 Å². The van der Waals surface area contributed by atoms with Gasteiger partial charge in [0.1, 0.15) is 16.7 Å². The minimum Gasteiger partial charge on any atom is -0.507 e. The number of nitrogens with zero attached hydrogens (tertiary/aromatic N) is 1. The number of hydrogen-bond donors (Lipinski definition) is 1. The number of unbranched alkanes of at least 4 members (excludes halogenated alkanes) is 3. The van der Waals surface area contributed by atoms with E-state index in [1.165, 1.54) is 6.08 Å². The Bertz CT molecular complexity index is 826. The summed E-state index contributed by atoms with van der Waals surface area (Å²) in [6.45, 7) is 14.1. The van der Waals surface area contributed by atoms with E-state index in [0.29, 0.717) is 12.0 Å². The minimum atomic E-state index is -3.62. The van der Waals surface area contributed by atoms with Gasteiger partial charge < -0.3 is 5.11 Å². The van der Waals surface area contributed by atoms with Gasteiger partial charge in [-0.25, -0.2) is 8.42 Å². The summed E-state index contributed by atoms with van der Waals surface area (Å²) >= 11 is 0. The summed E-state index contributed by atoms with van der Waals surface area (Å²) < 4.78 is 25.2. The highest BCUT2D eigenvalue weighted by Gasteiger charge is 2.27. The normalized spacial score (nSPS) is 13.4. The van der Waals surface area contributed by atoms with Gasteiger partial charge in [-0.1, -0.05) is 67.7 Å². The Kier molecular flexibility index (Phi) is 7.91. The molecule has 1 aromatic rings. The smallest absolute Gasteiger partial charge is 0.188 e. The summed E-state index contributed by atoms with van der Waals surface area (Å²) in [5, 5.41) is 20.3. The first-order valence-electron chi connectivity index (χ1n) is 9.96. The molecular weight excluding hydrogens is 370 g/mol. The Labute approximate surface area is 171 Å². The zero-order valence-corrected chi connectivity index (χ0v) is 19.2. The molecule has 1 rings (SSSR count). The van der Waals surface area contributed by atoms with Crippen molar-refractivity contribution in [3.63, 3.8) is 0 Å². The fraction of sp³-hybridized carbons (Fsp3) is 0.609. The van der Waals surface area contributed by atoms with E-state index in [4.69, 9.17) is 0 Å². The quantitative estimate of drug-likeness (QED) is 0.456. The maximum absolute atomic E-state index is 12.6. The third-order valence-electron chi connectivity index (χ3n) is 4.76. The van der Waals surface area contributed by atoms with Crippen molar-refractivity contribution in [1.82, 2.24) is 0 Å². The predicted molar refractivity (Wildman–Crippen MR) is 117 cm³/mol. The molecule has 0 aliphatic heterocycles. The zero-order chi connectivity index (χ0) is 21.8. The highest BCUT2D eigenvalue weighted by Crippen LogP contribution is 2.40. The van der Waals surface area contributed by atoms with Gasteiger partial charge >= 0.3 is 0 Å². The summed E-state index contributed by atoms with van der Waals surface area (Å²) in [6, 6.07) is 5.45. The maximum Gasteiger partial charge on any atom is 0.188 e. The summed E-state index contributed by atoms with van der Waals surface area (Å²) in [4.78, 5) is -0.214. The minimum absolute atomic E-state index is 0.0112. The van der Waals surface area contributed by atoms with Gasteiger partial charge in [0.2, 0.25) is 0 Å². The van der Waals surface area contributed by atoms with E-state index in [1.54, 1.807) is 12.1 Å². The van der Waals surface area contributed by atoms with Crippen LogP contribution in [0.2, 0.25) is 0 Å². The van der Waals surface area contributed by atoms with Gasteiger partial charge in [0.05, 0.1) is 5.75 Å². The molecule has 0 radical (unpaired) electrons. The molecular formula is C23H35NO3S. The van der Waals surface area contributed by atoms with Crippen LogP contribution in [0.4, 0.5) is 0 Å². The zero-order valence-electron chi connectivity index (χ0n) is 18.4. The van der Waals surface area contributed by atoms with Crippen molar-refractivity contribution < 1.29 is 13.5 Å². The lowest BCUT2D eigenvalue weighted by Crippen LogP contribution is -2.17. The van der Waals surface area contributed by atoms with Crippen LogP contribution in [-0.2, 0) is 20.7 Å². The monoisotopic (exact) mass is 405 g/mol. The van der Waals surface area contributed by atoms with E-state index in [-0.39, 0.29) is 27.2 Å². The molecule has 0 bridgehead atoms. The fourth-order valence-electron chi connectivity index (χ4n) is 3.06. The van der Waals surface area contributed by atoms with Crippen molar-refractivity contribution in [2.45, 2.75) is 85.0 Å². The average molecular weight is 406 g/mol. The third-order valence-corrected chi connectivity index (χ3v) is 6.46. The maximum atomic E-state index is 12.6. The molecule has 28 heavy (non-hydrogen) atoms. The number of aromatic hydroxyl groups is 1. The standard InChI is InChI=1S/C23H35NO3S/c1-8-9-10-11-12-28(26,27)18(16-24)13-17-14-19(22(2,3)4)21(25)20(15-17)23(5,6)7/h13-15,25H,8-12H2,1-7H3/b18-13-. The van der Waals surface area contributed by atoms with Crippen molar-refractivity contribution >= 4 is 15.9 Å². The summed E-state index contributed by atoms with van der Waals surface area (Å²) in [5.41, 5.74) is 1.47. The summed E-state index contributed by atoms with van der Waals surface area (Å²) in [7, 11) is -3.62. The number of allylic oxidation sites excluding steroid dienone is 1. The molecule has 5 heteroatoms. The molecule has 0 aliphatic carbocycles. The molecule has 0 amide bonds. The van der Waals surface area contributed by atoms with Gasteiger partial charge in [0.15, 0.2) is 9.84 Å². The van der Waals surface area contributed by atoms with Gasteiger partial charge in [-0.2, -0.15) is 5.26 Å². The first kappa shape index (κ1) is 24.2. The summed E-state index contributed by atoms with van der Waals surface area (Å²) in [6.07, 6.45) is 4.86.